The average molecular weight is 310 g/mol. The smallest absolute Gasteiger partial charge is 0.185 e. The maximum atomic E-state index is 4.81. The molecule has 4 heteroatoms. The maximum Gasteiger partial charge on any atom is 0.185 e. The van der Waals surface area contributed by atoms with Gasteiger partial charge in [0, 0.05) is 24.5 Å². The van der Waals surface area contributed by atoms with Crippen LogP contribution in [0.5, 0.6) is 0 Å². The first-order valence-electron chi connectivity index (χ1n) is 8.53. The molecule has 2 rings (SSSR count). The first-order chi connectivity index (χ1) is 10.1. The van der Waals surface area contributed by atoms with Crippen LogP contribution in [0.2, 0.25) is 0 Å². The number of hydrogen-bond donors (Lipinski definition) is 1. The molecule has 3 nitrogen and oxygen atoms in total. The van der Waals surface area contributed by atoms with Crippen LogP contribution >= 0.6 is 11.3 Å². The molecule has 0 aliphatic heterocycles. The summed E-state index contributed by atoms with van der Waals surface area (Å²) in [6.45, 7) is 8.85. The molecule has 1 N–H and O–H groups in total. The summed E-state index contributed by atoms with van der Waals surface area (Å²) in [5, 5.41) is 4.77. The van der Waals surface area contributed by atoms with Crippen LogP contribution in [0, 0.1) is 12.8 Å². The molecule has 0 amide bonds. The standard InChI is InChI=1S/C17H31N3S/c1-5-11-18-13(2)16-14(3)19-17(21-16)20(4)12-15-9-7-6-8-10-15/h13,15,18H,5-12H2,1-4H3. The number of hydrogen-bond acceptors (Lipinski definition) is 4. The van der Waals surface area contributed by atoms with Gasteiger partial charge in [-0.25, -0.2) is 4.98 Å². The van der Waals surface area contributed by atoms with Gasteiger partial charge in [0.2, 0.25) is 0 Å². The summed E-state index contributed by atoms with van der Waals surface area (Å²) in [6.07, 6.45) is 8.24. The Balaban J connectivity index is 1.96. The van der Waals surface area contributed by atoms with Crippen LogP contribution in [-0.2, 0) is 0 Å². The molecule has 1 aromatic heterocycles. The van der Waals surface area contributed by atoms with Gasteiger partial charge >= 0.3 is 0 Å². The molecule has 1 unspecified atom stereocenters. The van der Waals surface area contributed by atoms with Crippen molar-refractivity contribution in [3.8, 4) is 0 Å². The van der Waals surface area contributed by atoms with Gasteiger partial charge in [-0.05, 0) is 45.6 Å². The minimum absolute atomic E-state index is 0.416. The zero-order valence-corrected chi connectivity index (χ0v) is 14.9. The van der Waals surface area contributed by atoms with E-state index in [-0.39, 0.29) is 0 Å². The van der Waals surface area contributed by atoms with Crippen LogP contribution in [-0.4, -0.2) is 25.1 Å². The maximum absolute atomic E-state index is 4.81. The fourth-order valence-electron chi connectivity index (χ4n) is 3.25. The van der Waals surface area contributed by atoms with Crippen molar-refractivity contribution in [2.75, 3.05) is 25.0 Å². The fourth-order valence-corrected chi connectivity index (χ4v) is 4.31. The Morgan fingerprint density at radius 2 is 2.05 bits per heavy atom. The summed E-state index contributed by atoms with van der Waals surface area (Å²) in [6, 6.07) is 0.416. The Hall–Kier alpha value is -0.610. The third kappa shape index (κ3) is 4.68. The third-order valence-corrected chi connectivity index (χ3v) is 5.95. The van der Waals surface area contributed by atoms with Crippen molar-refractivity contribution in [1.82, 2.24) is 10.3 Å². The zero-order chi connectivity index (χ0) is 15.2. The second-order valence-corrected chi connectivity index (χ2v) is 7.52. The predicted octanol–water partition coefficient (Wildman–Crippen LogP) is 4.53. The quantitative estimate of drug-likeness (QED) is 0.802. The summed E-state index contributed by atoms with van der Waals surface area (Å²) in [4.78, 5) is 8.59. The lowest BCUT2D eigenvalue weighted by Crippen LogP contribution is -2.26. The van der Waals surface area contributed by atoms with Crippen molar-refractivity contribution >= 4 is 16.5 Å². The third-order valence-electron chi connectivity index (χ3n) is 4.50. The summed E-state index contributed by atoms with van der Waals surface area (Å²) in [7, 11) is 2.21. The number of anilines is 1. The van der Waals surface area contributed by atoms with Crippen molar-refractivity contribution in [2.24, 2.45) is 5.92 Å². The number of aryl methyl sites for hydroxylation is 1. The van der Waals surface area contributed by atoms with Gasteiger partial charge in [-0.2, -0.15) is 0 Å². The van der Waals surface area contributed by atoms with E-state index < -0.39 is 0 Å². The largest absolute Gasteiger partial charge is 0.351 e. The number of aromatic nitrogens is 1. The van der Waals surface area contributed by atoms with E-state index in [1.54, 1.807) is 0 Å². The fraction of sp³-hybridized carbons (Fsp3) is 0.824. The van der Waals surface area contributed by atoms with Crippen molar-refractivity contribution in [3.05, 3.63) is 10.6 Å². The summed E-state index contributed by atoms with van der Waals surface area (Å²) >= 11 is 1.87. The van der Waals surface area contributed by atoms with Crippen LogP contribution in [0.1, 0.15) is 69.0 Å². The first-order valence-corrected chi connectivity index (χ1v) is 9.35. The van der Waals surface area contributed by atoms with Crippen molar-refractivity contribution < 1.29 is 0 Å². The van der Waals surface area contributed by atoms with Gasteiger partial charge in [-0.3, -0.25) is 0 Å². The van der Waals surface area contributed by atoms with Crippen molar-refractivity contribution in [1.29, 1.82) is 0 Å². The lowest BCUT2D eigenvalue weighted by molar-refractivity contribution is 0.362. The highest BCUT2D eigenvalue weighted by Crippen LogP contribution is 2.32. The molecular weight excluding hydrogens is 278 g/mol. The van der Waals surface area contributed by atoms with E-state index in [4.69, 9.17) is 4.98 Å². The molecule has 1 fully saturated rings. The second-order valence-electron chi connectivity index (χ2n) is 6.51. The number of rotatable bonds is 7. The molecule has 0 spiro atoms. The van der Waals surface area contributed by atoms with Gasteiger partial charge in [0.1, 0.15) is 0 Å². The van der Waals surface area contributed by atoms with Gasteiger partial charge in [0.25, 0.3) is 0 Å². The summed E-state index contributed by atoms with van der Waals surface area (Å²) in [5.41, 5.74) is 1.20. The molecule has 1 saturated carbocycles. The van der Waals surface area contributed by atoms with Gasteiger partial charge in [0.15, 0.2) is 5.13 Å². The normalized spacial score (nSPS) is 17.9. The Kier molecular flexibility index (Phi) is 6.49. The number of nitrogens with one attached hydrogen (secondary N) is 1. The second kappa shape index (κ2) is 8.14. The first kappa shape index (κ1) is 16.8. The van der Waals surface area contributed by atoms with E-state index in [1.165, 1.54) is 60.8 Å². The molecule has 120 valence electrons. The predicted molar refractivity (Wildman–Crippen MR) is 93.4 cm³/mol. The number of thiazole rings is 1. The van der Waals surface area contributed by atoms with Gasteiger partial charge in [0.05, 0.1) is 5.69 Å². The number of nitrogens with zero attached hydrogens (tertiary/aromatic N) is 2. The highest BCUT2D eigenvalue weighted by molar-refractivity contribution is 7.15. The van der Waals surface area contributed by atoms with Crippen LogP contribution in [0.4, 0.5) is 5.13 Å². The topological polar surface area (TPSA) is 28.2 Å². The highest BCUT2D eigenvalue weighted by atomic mass is 32.1. The Labute approximate surface area is 134 Å². The van der Waals surface area contributed by atoms with Gasteiger partial charge in [-0.1, -0.05) is 26.2 Å². The Bertz CT molecular complexity index is 424. The van der Waals surface area contributed by atoms with Crippen LogP contribution in [0.25, 0.3) is 0 Å². The van der Waals surface area contributed by atoms with Crippen LogP contribution < -0.4 is 10.2 Å². The van der Waals surface area contributed by atoms with E-state index in [0.29, 0.717) is 6.04 Å². The molecule has 0 aromatic carbocycles. The van der Waals surface area contributed by atoms with Crippen molar-refractivity contribution in [3.63, 3.8) is 0 Å². The van der Waals surface area contributed by atoms with Crippen LogP contribution in [0.15, 0.2) is 0 Å². The monoisotopic (exact) mass is 309 g/mol. The summed E-state index contributed by atoms with van der Waals surface area (Å²) in [5.74, 6) is 0.868. The summed E-state index contributed by atoms with van der Waals surface area (Å²) < 4.78 is 0. The SMILES string of the molecule is CCCNC(C)c1sc(N(C)CC2CCCCC2)nc1C. The van der Waals surface area contributed by atoms with E-state index in [2.05, 4.69) is 38.0 Å². The van der Waals surface area contributed by atoms with E-state index >= 15 is 0 Å². The molecule has 1 atom stereocenters. The minimum atomic E-state index is 0.416. The van der Waals surface area contributed by atoms with E-state index in [9.17, 15) is 0 Å². The minimum Gasteiger partial charge on any atom is -0.351 e. The zero-order valence-electron chi connectivity index (χ0n) is 14.1. The van der Waals surface area contributed by atoms with Gasteiger partial charge in [-0.15, -0.1) is 11.3 Å². The lowest BCUT2D eigenvalue weighted by Gasteiger charge is -2.26. The average Bonchev–Trinajstić information content (AvgIpc) is 2.88. The van der Waals surface area contributed by atoms with E-state index in [1.807, 2.05) is 11.3 Å². The van der Waals surface area contributed by atoms with E-state index in [0.717, 1.165) is 12.5 Å². The Morgan fingerprint density at radius 1 is 1.33 bits per heavy atom. The molecule has 1 aliphatic rings. The molecule has 0 radical (unpaired) electrons. The molecule has 0 saturated heterocycles. The molecule has 21 heavy (non-hydrogen) atoms. The molecule has 1 aromatic rings. The molecule has 0 bridgehead atoms. The molecule has 1 aliphatic carbocycles. The lowest BCUT2D eigenvalue weighted by atomic mass is 9.89. The molecule has 1 heterocycles. The van der Waals surface area contributed by atoms with Gasteiger partial charge < -0.3 is 10.2 Å². The highest BCUT2D eigenvalue weighted by Gasteiger charge is 2.19. The van der Waals surface area contributed by atoms with Crippen LogP contribution in [0.3, 0.4) is 0 Å². The molecular formula is C17H31N3S. The van der Waals surface area contributed by atoms with Crippen molar-refractivity contribution in [2.45, 2.75) is 65.3 Å². The Morgan fingerprint density at radius 3 is 2.71 bits per heavy atom.